The number of ether oxygens (including phenoxy) is 3. The van der Waals surface area contributed by atoms with E-state index in [2.05, 4.69) is 0 Å². The molecular weight excluding hydrogens is 461 g/mol. The first-order chi connectivity index (χ1) is 15.3. The average molecular weight is 480 g/mol. The monoisotopic (exact) mass is 479 g/mol. The van der Waals surface area contributed by atoms with Crippen LogP contribution in [0.5, 0.6) is 11.5 Å². The fourth-order valence-corrected chi connectivity index (χ4v) is 3.89. The number of imide groups is 1. The molecule has 2 amide bonds. The first-order valence-corrected chi connectivity index (χ1v) is 10.7. The highest BCUT2D eigenvalue weighted by molar-refractivity contribution is 8.18. The Hall–Kier alpha value is -3.04. The number of esters is 1. The molecule has 168 valence electrons. The molecule has 10 heteroatoms. The normalized spacial score (nSPS) is 14.8. The maximum absolute atomic E-state index is 14.0. The molecule has 2 aromatic carbocycles. The number of carbonyl (C=O) groups is 3. The number of amides is 2. The summed E-state index contributed by atoms with van der Waals surface area (Å²) >= 11 is 6.75. The second-order valence-corrected chi connectivity index (χ2v) is 7.87. The van der Waals surface area contributed by atoms with Gasteiger partial charge in [-0.2, -0.15) is 0 Å². The molecule has 1 saturated heterocycles. The zero-order valence-electron chi connectivity index (χ0n) is 17.2. The third kappa shape index (κ3) is 5.41. The molecule has 0 N–H and O–H groups in total. The molecule has 32 heavy (non-hydrogen) atoms. The summed E-state index contributed by atoms with van der Waals surface area (Å²) in [6, 6.07) is 9.23. The highest BCUT2D eigenvalue weighted by Gasteiger charge is 2.36. The van der Waals surface area contributed by atoms with Crippen LogP contribution in [-0.4, -0.2) is 42.3 Å². The molecule has 1 heterocycles. The van der Waals surface area contributed by atoms with Crippen LogP contribution in [0.1, 0.15) is 18.1 Å². The lowest BCUT2D eigenvalue weighted by Crippen LogP contribution is -2.34. The second-order valence-electron chi connectivity index (χ2n) is 6.47. The van der Waals surface area contributed by atoms with Gasteiger partial charge in [-0.15, -0.1) is 0 Å². The van der Waals surface area contributed by atoms with Crippen molar-refractivity contribution < 1.29 is 33.0 Å². The Kier molecular flexibility index (Phi) is 7.76. The molecule has 0 aliphatic carbocycles. The van der Waals surface area contributed by atoms with E-state index in [1.54, 1.807) is 31.2 Å². The zero-order chi connectivity index (χ0) is 23.3. The number of carbonyl (C=O) groups excluding carboxylic acids is 3. The van der Waals surface area contributed by atoms with Crippen molar-refractivity contribution >= 4 is 46.6 Å². The summed E-state index contributed by atoms with van der Waals surface area (Å²) in [5.74, 6) is -1.03. The van der Waals surface area contributed by atoms with Gasteiger partial charge in [0, 0.05) is 5.56 Å². The maximum atomic E-state index is 14.0. The maximum Gasteiger partial charge on any atom is 0.326 e. The number of benzene rings is 2. The summed E-state index contributed by atoms with van der Waals surface area (Å²) in [5.41, 5.74) is 0.787. The minimum atomic E-state index is -0.658. The van der Waals surface area contributed by atoms with E-state index in [0.717, 1.165) is 16.7 Å². The number of methoxy groups -OCH3 is 1. The minimum absolute atomic E-state index is 0.103. The molecule has 1 fully saturated rings. The van der Waals surface area contributed by atoms with Gasteiger partial charge in [0.15, 0.2) is 11.5 Å². The first-order valence-electron chi connectivity index (χ1n) is 9.48. The summed E-state index contributed by atoms with van der Waals surface area (Å²) in [6.45, 7) is 1.25. The first kappa shape index (κ1) is 23.6. The van der Waals surface area contributed by atoms with Crippen LogP contribution in [0.25, 0.3) is 6.08 Å². The largest absolute Gasteiger partial charge is 0.493 e. The van der Waals surface area contributed by atoms with Crippen molar-refractivity contribution in [2.45, 2.75) is 13.5 Å². The molecule has 0 spiro atoms. The van der Waals surface area contributed by atoms with E-state index in [1.165, 1.54) is 25.3 Å². The van der Waals surface area contributed by atoms with Gasteiger partial charge in [-0.3, -0.25) is 19.3 Å². The lowest BCUT2D eigenvalue weighted by molar-refractivity contribution is -0.145. The molecule has 0 unspecified atom stereocenters. The minimum Gasteiger partial charge on any atom is -0.493 e. The predicted octanol–water partition coefficient (Wildman–Crippen LogP) is 4.67. The van der Waals surface area contributed by atoms with Gasteiger partial charge in [0.1, 0.15) is 19.0 Å². The number of halogens is 2. The van der Waals surface area contributed by atoms with E-state index in [0.29, 0.717) is 17.1 Å². The summed E-state index contributed by atoms with van der Waals surface area (Å²) in [7, 11) is 1.44. The van der Waals surface area contributed by atoms with Crippen molar-refractivity contribution in [3.05, 3.63) is 63.3 Å². The summed E-state index contributed by atoms with van der Waals surface area (Å²) in [5, 5.41) is -0.304. The SMILES string of the molecule is CCOC(=O)CN1C(=O)S/C(=C\c2ccc(OCc3c(F)cccc3Cl)c(OC)c2)C1=O. The van der Waals surface area contributed by atoms with Crippen LogP contribution in [0.2, 0.25) is 5.02 Å². The Morgan fingerprint density at radius 3 is 2.69 bits per heavy atom. The Morgan fingerprint density at radius 1 is 1.22 bits per heavy atom. The summed E-state index contributed by atoms with van der Waals surface area (Å²) in [4.78, 5) is 37.2. The quantitative estimate of drug-likeness (QED) is 0.402. The van der Waals surface area contributed by atoms with Gasteiger partial charge < -0.3 is 14.2 Å². The molecule has 0 radical (unpaired) electrons. The van der Waals surface area contributed by atoms with Gasteiger partial charge in [0.2, 0.25) is 0 Å². The van der Waals surface area contributed by atoms with Gasteiger partial charge in [0.25, 0.3) is 11.1 Å². The molecular formula is C22H19ClFNO6S. The van der Waals surface area contributed by atoms with E-state index in [-0.39, 0.29) is 28.7 Å². The molecule has 1 aliphatic rings. The molecule has 0 atom stereocenters. The number of rotatable bonds is 8. The Balaban J connectivity index is 1.75. The molecule has 1 aliphatic heterocycles. The molecule has 0 bridgehead atoms. The molecule has 0 saturated carbocycles. The third-order valence-electron chi connectivity index (χ3n) is 4.39. The van der Waals surface area contributed by atoms with E-state index >= 15 is 0 Å². The second kappa shape index (κ2) is 10.5. The van der Waals surface area contributed by atoms with Crippen LogP contribution in [0.15, 0.2) is 41.3 Å². The number of nitrogens with zero attached hydrogens (tertiary/aromatic N) is 1. The predicted molar refractivity (Wildman–Crippen MR) is 118 cm³/mol. The lowest BCUT2D eigenvalue weighted by atomic mass is 10.1. The average Bonchev–Trinajstić information content (AvgIpc) is 3.01. The number of thioether (sulfide) groups is 1. The van der Waals surface area contributed by atoms with Crippen LogP contribution in [0.4, 0.5) is 9.18 Å². The Morgan fingerprint density at radius 2 is 2.00 bits per heavy atom. The fourth-order valence-electron chi connectivity index (χ4n) is 2.84. The van der Waals surface area contributed by atoms with E-state index < -0.39 is 29.5 Å². The van der Waals surface area contributed by atoms with Crippen LogP contribution in [0, 0.1) is 5.82 Å². The number of hydrogen-bond donors (Lipinski definition) is 0. The molecule has 0 aromatic heterocycles. The molecule has 2 aromatic rings. The van der Waals surface area contributed by atoms with Gasteiger partial charge in [-0.25, -0.2) is 4.39 Å². The van der Waals surface area contributed by atoms with Crippen LogP contribution in [0.3, 0.4) is 0 Å². The third-order valence-corrected chi connectivity index (χ3v) is 5.65. The highest BCUT2D eigenvalue weighted by Crippen LogP contribution is 2.35. The Labute approximate surface area is 193 Å². The Bertz CT molecular complexity index is 1070. The zero-order valence-corrected chi connectivity index (χ0v) is 18.8. The van der Waals surface area contributed by atoms with Crippen LogP contribution in [-0.2, 0) is 20.9 Å². The summed E-state index contributed by atoms with van der Waals surface area (Å²) < 4.78 is 29.7. The van der Waals surface area contributed by atoms with Gasteiger partial charge in [-0.1, -0.05) is 23.7 Å². The molecule has 3 rings (SSSR count). The van der Waals surface area contributed by atoms with Crippen molar-refractivity contribution in [3.63, 3.8) is 0 Å². The summed E-state index contributed by atoms with van der Waals surface area (Å²) in [6.07, 6.45) is 1.51. The van der Waals surface area contributed by atoms with E-state index in [9.17, 15) is 18.8 Å². The fraction of sp³-hybridized carbons (Fsp3) is 0.227. The van der Waals surface area contributed by atoms with Gasteiger partial charge in [-0.05, 0) is 54.6 Å². The van der Waals surface area contributed by atoms with Gasteiger partial charge >= 0.3 is 5.97 Å². The van der Waals surface area contributed by atoms with Crippen molar-refractivity contribution in [1.82, 2.24) is 4.90 Å². The lowest BCUT2D eigenvalue weighted by Gasteiger charge is -2.13. The molecule has 7 nitrogen and oxygen atoms in total. The van der Waals surface area contributed by atoms with E-state index in [1.807, 2.05) is 0 Å². The smallest absolute Gasteiger partial charge is 0.326 e. The van der Waals surface area contributed by atoms with Crippen LogP contribution >= 0.6 is 23.4 Å². The van der Waals surface area contributed by atoms with Crippen LogP contribution < -0.4 is 9.47 Å². The standard InChI is InChI=1S/C22H19ClFNO6S/c1-3-30-20(26)11-25-21(27)19(32-22(25)28)10-13-7-8-17(18(9-13)29-2)31-12-14-15(23)5-4-6-16(14)24/h4-10H,3,11-12H2,1-2H3/b19-10-. The number of hydrogen-bond acceptors (Lipinski definition) is 7. The topological polar surface area (TPSA) is 82.1 Å². The van der Waals surface area contributed by atoms with Crippen molar-refractivity contribution in [1.29, 1.82) is 0 Å². The van der Waals surface area contributed by atoms with Crippen molar-refractivity contribution in [3.8, 4) is 11.5 Å². The van der Waals surface area contributed by atoms with E-state index in [4.69, 9.17) is 25.8 Å². The highest BCUT2D eigenvalue weighted by atomic mass is 35.5. The van der Waals surface area contributed by atoms with Crippen molar-refractivity contribution in [2.24, 2.45) is 0 Å². The van der Waals surface area contributed by atoms with Crippen molar-refractivity contribution in [2.75, 3.05) is 20.3 Å². The van der Waals surface area contributed by atoms with Gasteiger partial charge in [0.05, 0.1) is 23.6 Å².